The van der Waals surface area contributed by atoms with Gasteiger partial charge in [-0.25, -0.2) is 4.98 Å². The maximum absolute atomic E-state index is 5.48. The highest BCUT2D eigenvalue weighted by Crippen LogP contribution is 2.27. The summed E-state index contributed by atoms with van der Waals surface area (Å²) in [4.78, 5) is 6.18. The van der Waals surface area contributed by atoms with Crippen LogP contribution in [-0.4, -0.2) is 24.2 Å². The lowest BCUT2D eigenvalue weighted by Crippen LogP contribution is -2.11. The van der Waals surface area contributed by atoms with E-state index >= 15 is 0 Å². The van der Waals surface area contributed by atoms with E-state index in [1.54, 1.807) is 12.3 Å². The van der Waals surface area contributed by atoms with Gasteiger partial charge in [-0.1, -0.05) is 5.16 Å². The van der Waals surface area contributed by atoms with E-state index in [-0.39, 0.29) is 0 Å². The molecule has 5 heteroatoms. The highest BCUT2D eigenvalue weighted by Gasteiger charge is 2.11. The number of anilines is 2. The predicted octanol–water partition coefficient (Wildman–Crippen LogP) is 1.38. The molecule has 0 amide bonds. The van der Waals surface area contributed by atoms with Crippen molar-refractivity contribution in [2.75, 3.05) is 24.7 Å². The van der Waals surface area contributed by atoms with Crippen molar-refractivity contribution in [3.8, 4) is 11.3 Å². The molecule has 0 aliphatic heterocycles. The molecular formula is C10H12N4O. The minimum Gasteiger partial charge on any atom is -0.368 e. The minimum absolute atomic E-state index is 0.304. The average Bonchev–Trinajstić information content (AvgIpc) is 2.65. The van der Waals surface area contributed by atoms with Crippen molar-refractivity contribution in [1.29, 1.82) is 0 Å². The van der Waals surface area contributed by atoms with Crippen molar-refractivity contribution in [2.45, 2.75) is 0 Å². The molecule has 0 bridgehead atoms. The highest BCUT2D eigenvalue weighted by molar-refractivity contribution is 5.73. The second-order valence-electron chi connectivity index (χ2n) is 3.38. The maximum Gasteiger partial charge on any atom is 0.222 e. The van der Waals surface area contributed by atoms with Gasteiger partial charge in [0.2, 0.25) is 5.88 Å². The summed E-state index contributed by atoms with van der Waals surface area (Å²) >= 11 is 0. The fourth-order valence-corrected chi connectivity index (χ4v) is 1.37. The fourth-order valence-electron chi connectivity index (χ4n) is 1.37. The molecule has 0 aromatic carbocycles. The number of hydrogen-bond acceptors (Lipinski definition) is 5. The van der Waals surface area contributed by atoms with Gasteiger partial charge in [0, 0.05) is 31.9 Å². The van der Waals surface area contributed by atoms with E-state index in [9.17, 15) is 0 Å². The molecule has 15 heavy (non-hydrogen) atoms. The Morgan fingerprint density at radius 3 is 2.80 bits per heavy atom. The molecule has 2 heterocycles. The number of nitrogens with two attached hydrogens (primary N) is 1. The smallest absolute Gasteiger partial charge is 0.222 e. The van der Waals surface area contributed by atoms with Crippen molar-refractivity contribution < 1.29 is 4.52 Å². The van der Waals surface area contributed by atoms with Gasteiger partial charge in [-0.15, -0.1) is 0 Å². The number of rotatable bonds is 2. The molecular weight excluding hydrogens is 192 g/mol. The highest BCUT2D eigenvalue weighted by atomic mass is 16.5. The van der Waals surface area contributed by atoms with Crippen LogP contribution < -0.4 is 10.6 Å². The molecule has 0 unspecified atom stereocenters. The Bertz CT molecular complexity index is 464. The zero-order valence-electron chi connectivity index (χ0n) is 8.64. The van der Waals surface area contributed by atoms with Gasteiger partial charge in [0.25, 0.3) is 0 Å². The third-order valence-electron chi connectivity index (χ3n) is 2.01. The molecule has 0 atom stereocenters. The normalized spacial score (nSPS) is 10.3. The van der Waals surface area contributed by atoms with Crippen LogP contribution in [0, 0.1) is 0 Å². The van der Waals surface area contributed by atoms with E-state index in [1.165, 1.54) is 0 Å². The molecule has 2 rings (SSSR count). The Hall–Kier alpha value is -2.04. The molecule has 0 aliphatic rings. The summed E-state index contributed by atoms with van der Waals surface area (Å²) in [7, 11) is 3.85. The summed E-state index contributed by atoms with van der Waals surface area (Å²) < 4.78 is 4.84. The lowest BCUT2D eigenvalue weighted by atomic mass is 10.2. The zero-order valence-corrected chi connectivity index (χ0v) is 8.64. The summed E-state index contributed by atoms with van der Waals surface area (Å²) in [6, 6.07) is 5.47. The van der Waals surface area contributed by atoms with Gasteiger partial charge in [0.15, 0.2) is 0 Å². The summed E-state index contributed by atoms with van der Waals surface area (Å²) in [5, 5.41) is 3.86. The number of nitrogens with zero attached hydrogens (tertiary/aromatic N) is 3. The largest absolute Gasteiger partial charge is 0.368 e. The lowest BCUT2D eigenvalue weighted by Gasteiger charge is -2.13. The second kappa shape index (κ2) is 3.61. The first-order valence-corrected chi connectivity index (χ1v) is 4.53. The Kier molecular flexibility index (Phi) is 2.29. The Morgan fingerprint density at radius 2 is 2.20 bits per heavy atom. The maximum atomic E-state index is 5.48. The summed E-state index contributed by atoms with van der Waals surface area (Å²) in [6.45, 7) is 0. The molecule has 5 nitrogen and oxygen atoms in total. The van der Waals surface area contributed by atoms with E-state index < -0.39 is 0 Å². The van der Waals surface area contributed by atoms with Gasteiger partial charge in [-0.05, 0) is 12.1 Å². The number of nitrogen functional groups attached to an aromatic ring is 1. The van der Waals surface area contributed by atoms with Crippen molar-refractivity contribution in [2.24, 2.45) is 0 Å². The molecule has 0 aliphatic carbocycles. The molecule has 2 aromatic rings. The van der Waals surface area contributed by atoms with Gasteiger partial charge in [0.05, 0.1) is 0 Å². The number of hydrogen-bond donors (Lipinski definition) is 1. The van der Waals surface area contributed by atoms with E-state index in [2.05, 4.69) is 10.1 Å². The topological polar surface area (TPSA) is 68.2 Å². The first-order valence-electron chi connectivity index (χ1n) is 4.53. The van der Waals surface area contributed by atoms with Crippen LogP contribution in [0.3, 0.4) is 0 Å². The SMILES string of the molecule is CN(C)c1ncccc1-c1cc(N)on1. The van der Waals surface area contributed by atoms with Crippen molar-refractivity contribution in [1.82, 2.24) is 10.1 Å². The molecule has 0 saturated heterocycles. The van der Waals surface area contributed by atoms with Crippen LogP contribution in [0.25, 0.3) is 11.3 Å². The molecule has 0 fully saturated rings. The van der Waals surface area contributed by atoms with Crippen LogP contribution in [-0.2, 0) is 0 Å². The number of pyridine rings is 1. The standard InChI is InChI=1S/C10H12N4O/c1-14(2)10-7(4-3-5-12-10)8-6-9(11)15-13-8/h3-6H,11H2,1-2H3. The van der Waals surface area contributed by atoms with E-state index in [1.807, 2.05) is 31.1 Å². The Morgan fingerprint density at radius 1 is 1.40 bits per heavy atom. The van der Waals surface area contributed by atoms with E-state index in [0.717, 1.165) is 11.4 Å². The Balaban J connectivity index is 2.52. The fraction of sp³-hybridized carbons (Fsp3) is 0.200. The lowest BCUT2D eigenvalue weighted by molar-refractivity contribution is 0.439. The average molecular weight is 204 g/mol. The summed E-state index contributed by atoms with van der Waals surface area (Å²) in [5.41, 5.74) is 7.08. The molecule has 0 spiro atoms. The van der Waals surface area contributed by atoms with Crippen LogP contribution in [0.5, 0.6) is 0 Å². The van der Waals surface area contributed by atoms with Gasteiger partial charge in [0.1, 0.15) is 11.5 Å². The van der Waals surface area contributed by atoms with E-state index in [4.69, 9.17) is 10.3 Å². The third kappa shape index (κ3) is 1.76. The summed E-state index contributed by atoms with van der Waals surface area (Å²) in [6.07, 6.45) is 1.74. The molecule has 2 aromatic heterocycles. The first kappa shape index (κ1) is 9.51. The Labute approximate surface area is 87.5 Å². The molecule has 78 valence electrons. The van der Waals surface area contributed by atoms with Gasteiger partial charge >= 0.3 is 0 Å². The van der Waals surface area contributed by atoms with Crippen molar-refractivity contribution in [3.63, 3.8) is 0 Å². The second-order valence-corrected chi connectivity index (χ2v) is 3.38. The molecule has 0 saturated carbocycles. The van der Waals surface area contributed by atoms with Crippen LogP contribution in [0.4, 0.5) is 11.7 Å². The third-order valence-corrected chi connectivity index (χ3v) is 2.01. The van der Waals surface area contributed by atoms with Crippen LogP contribution in [0.15, 0.2) is 28.9 Å². The van der Waals surface area contributed by atoms with Crippen molar-refractivity contribution in [3.05, 3.63) is 24.4 Å². The summed E-state index contributed by atoms with van der Waals surface area (Å²) in [5.74, 6) is 1.14. The molecule has 2 N–H and O–H groups in total. The number of aromatic nitrogens is 2. The molecule has 0 radical (unpaired) electrons. The van der Waals surface area contributed by atoms with Crippen LogP contribution in [0.1, 0.15) is 0 Å². The quantitative estimate of drug-likeness (QED) is 0.800. The zero-order chi connectivity index (χ0) is 10.8. The van der Waals surface area contributed by atoms with Crippen molar-refractivity contribution >= 4 is 11.7 Å². The van der Waals surface area contributed by atoms with E-state index in [0.29, 0.717) is 11.6 Å². The van der Waals surface area contributed by atoms with Gasteiger partial charge in [-0.2, -0.15) is 0 Å². The van der Waals surface area contributed by atoms with Crippen LogP contribution in [0.2, 0.25) is 0 Å². The monoisotopic (exact) mass is 204 g/mol. The van der Waals surface area contributed by atoms with Gasteiger partial charge < -0.3 is 15.2 Å². The minimum atomic E-state index is 0.304. The first-order chi connectivity index (χ1) is 7.18. The predicted molar refractivity (Wildman–Crippen MR) is 58.5 cm³/mol. The van der Waals surface area contributed by atoms with Gasteiger partial charge in [-0.3, -0.25) is 0 Å². The van der Waals surface area contributed by atoms with Crippen LogP contribution >= 0.6 is 0 Å².